The molecule has 0 N–H and O–H groups in total. The normalized spacial score (nSPS) is 12.4. The number of aromatic nitrogens is 3. The number of rotatable bonds is 2. The first-order chi connectivity index (χ1) is 12.3. The summed E-state index contributed by atoms with van der Waals surface area (Å²) in [5, 5.41) is 0. The van der Waals surface area contributed by atoms with Crippen LogP contribution in [-0.4, -0.2) is 14.0 Å². The fraction of sp³-hybridized carbons (Fsp3) is 0. The number of benzene rings is 2. The number of hydrogen-bond donors (Lipinski definition) is 0. The Balaban J connectivity index is 1.74. The molecule has 5 aromatic rings. The summed E-state index contributed by atoms with van der Waals surface area (Å²) in [7, 11) is 0. The first kappa shape index (κ1) is 14.2. The molecule has 0 amide bonds. The number of fused-ring (bicyclic) bond motifs is 3. The summed E-state index contributed by atoms with van der Waals surface area (Å²) >= 11 is 1.42. The molecule has 0 bridgehead atoms. The van der Waals surface area contributed by atoms with Crippen LogP contribution in [0.2, 0.25) is 0 Å². The molecule has 120 valence electrons. The lowest BCUT2D eigenvalue weighted by atomic mass is 10.3. The molecule has 0 radical (unpaired) electrons. The summed E-state index contributed by atoms with van der Waals surface area (Å²) in [5.41, 5.74) is 3.73. The second-order valence-corrected chi connectivity index (χ2v) is 6.78. The van der Waals surface area contributed by atoms with E-state index >= 15 is 0 Å². The van der Waals surface area contributed by atoms with Crippen LogP contribution in [0.4, 0.5) is 0 Å². The molecule has 0 unspecified atom stereocenters. The molecule has 0 saturated carbocycles. The van der Waals surface area contributed by atoms with Crippen LogP contribution in [-0.2, 0) is 0 Å². The minimum Gasteiger partial charge on any atom is -0.317 e. The average molecular weight is 343 g/mol. The molecule has 0 spiro atoms. The first-order valence-corrected chi connectivity index (χ1v) is 8.77. The fourth-order valence-electron chi connectivity index (χ4n) is 3.08. The van der Waals surface area contributed by atoms with Gasteiger partial charge in [0.25, 0.3) is 5.56 Å². The van der Waals surface area contributed by atoms with Crippen molar-refractivity contribution >= 4 is 33.4 Å². The van der Waals surface area contributed by atoms with E-state index in [1.807, 2.05) is 79.0 Å². The summed E-state index contributed by atoms with van der Waals surface area (Å²) in [6.07, 6.45) is 3.93. The van der Waals surface area contributed by atoms with E-state index in [0.29, 0.717) is 4.53 Å². The summed E-state index contributed by atoms with van der Waals surface area (Å²) < 4.78 is 4.45. The molecule has 0 fully saturated rings. The smallest absolute Gasteiger partial charge is 0.275 e. The van der Waals surface area contributed by atoms with Gasteiger partial charge in [-0.05, 0) is 42.5 Å². The van der Waals surface area contributed by atoms with Crippen LogP contribution >= 0.6 is 11.3 Å². The van der Waals surface area contributed by atoms with Gasteiger partial charge in [0.05, 0.1) is 15.6 Å². The Labute approximate surface area is 146 Å². The van der Waals surface area contributed by atoms with E-state index < -0.39 is 0 Å². The van der Waals surface area contributed by atoms with E-state index in [-0.39, 0.29) is 5.56 Å². The lowest BCUT2D eigenvalue weighted by Gasteiger charge is -2.05. The van der Waals surface area contributed by atoms with E-state index in [0.717, 1.165) is 27.4 Å². The zero-order valence-electron chi connectivity index (χ0n) is 13.2. The maximum Gasteiger partial charge on any atom is 0.275 e. The van der Waals surface area contributed by atoms with Crippen LogP contribution in [0.25, 0.3) is 27.8 Å². The third-order valence-electron chi connectivity index (χ3n) is 4.24. The van der Waals surface area contributed by atoms with Crippen molar-refractivity contribution in [3.05, 3.63) is 93.5 Å². The fourth-order valence-corrected chi connectivity index (χ4v) is 4.05. The quantitative estimate of drug-likeness (QED) is 0.494. The van der Waals surface area contributed by atoms with Gasteiger partial charge in [-0.15, -0.1) is 0 Å². The molecular formula is C20H13N3OS. The van der Waals surface area contributed by atoms with E-state index in [1.54, 1.807) is 4.40 Å². The highest BCUT2D eigenvalue weighted by Crippen LogP contribution is 2.16. The summed E-state index contributed by atoms with van der Waals surface area (Å²) in [5.74, 6) is 0. The van der Waals surface area contributed by atoms with Crippen molar-refractivity contribution in [1.82, 2.24) is 14.0 Å². The standard InChI is InChI=1S/C20H13N3OS/c24-19-18(25-20-21-16-10-4-5-11-17(16)23(19)20)13-15-9-6-12-22(15)14-7-2-1-3-8-14/h1-13H. The molecule has 0 atom stereocenters. The summed E-state index contributed by atoms with van der Waals surface area (Å²) in [4.78, 5) is 18.2. The summed E-state index contributed by atoms with van der Waals surface area (Å²) in [6, 6.07) is 21.8. The predicted molar refractivity (Wildman–Crippen MR) is 101 cm³/mol. The van der Waals surface area contributed by atoms with Crippen molar-refractivity contribution in [1.29, 1.82) is 0 Å². The number of nitrogens with zero attached hydrogens (tertiary/aromatic N) is 3. The third-order valence-corrected chi connectivity index (χ3v) is 5.21. The van der Waals surface area contributed by atoms with Crippen molar-refractivity contribution in [2.45, 2.75) is 0 Å². The second kappa shape index (κ2) is 5.43. The maximum atomic E-state index is 12.9. The van der Waals surface area contributed by atoms with Gasteiger partial charge in [0.2, 0.25) is 0 Å². The molecule has 5 heteroatoms. The minimum absolute atomic E-state index is 0.0190. The van der Waals surface area contributed by atoms with Crippen LogP contribution in [0.3, 0.4) is 0 Å². The Morgan fingerprint density at radius 1 is 0.920 bits per heavy atom. The van der Waals surface area contributed by atoms with E-state index in [2.05, 4.69) is 9.55 Å². The van der Waals surface area contributed by atoms with Gasteiger partial charge in [-0.1, -0.05) is 41.7 Å². The van der Waals surface area contributed by atoms with Gasteiger partial charge < -0.3 is 4.57 Å². The van der Waals surface area contributed by atoms with Crippen molar-refractivity contribution in [2.75, 3.05) is 0 Å². The monoisotopic (exact) mass is 343 g/mol. The van der Waals surface area contributed by atoms with Gasteiger partial charge in [-0.3, -0.25) is 4.79 Å². The molecule has 0 aliphatic rings. The maximum absolute atomic E-state index is 12.9. The predicted octanol–water partition coefficient (Wildman–Crippen LogP) is 3.25. The SMILES string of the molecule is O=c1c(=Cc2cccn2-c2ccccc2)sc2nc3ccccc3n12. The summed E-state index contributed by atoms with van der Waals surface area (Å²) in [6.45, 7) is 0. The van der Waals surface area contributed by atoms with Gasteiger partial charge in [0, 0.05) is 17.6 Å². The van der Waals surface area contributed by atoms with Crippen molar-refractivity contribution in [3.8, 4) is 5.69 Å². The van der Waals surface area contributed by atoms with Crippen LogP contribution in [0, 0.1) is 0 Å². The molecule has 3 heterocycles. The molecule has 25 heavy (non-hydrogen) atoms. The minimum atomic E-state index is -0.0190. The lowest BCUT2D eigenvalue weighted by molar-refractivity contribution is 1.06. The molecule has 0 aliphatic heterocycles. The van der Waals surface area contributed by atoms with Crippen molar-refractivity contribution in [3.63, 3.8) is 0 Å². The lowest BCUT2D eigenvalue weighted by Crippen LogP contribution is -2.23. The van der Waals surface area contributed by atoms with E-state index in [9.17, 15) is 4.79 Å². The largest absolute Gasteiger partial charge is 0.317 e. The number of hydrogen-bond acceptors (Lipinski definition) is 3. The average Bonchev–Trinajstić information content (AvgIpc) is 3.32. The highest BCUT2D eigenvalue weighted by molar-refractivity contribution is 7.15. The Morgan fingerprint density at radius 2 is 1.72 bits per heavy atom. The zero-order chi connectivity index (χ0) is 16.8. The van der Waals surface area contributed by atoms with Crippen LogP contribution in [0.1, 0.15) is 5.69 Å². The van der Waals surface area contributed by atoms with E-state index in [4.69, 9.17) is 0 Å². The molecule has 0 saturated heterocycles. The first-order valence-electron chi connectivity index (χ1n) is 7.96. The Hall–Kier alpha value is -3.18. The van der Waals surface area contributed by atoms with Crippen LogP contribution < -0.4 is 10.1 Å². The number of para-hydroxylation sites is 3. The number of imidazole rings is 1. The zero-order valence-corrected chi connectivity index (χ0v) is 14.0. The number of thiazole rings is 1. The van der Waals surface area contributed by atoms with Gasteiger partial charge >= 0.3 is 0 Å². The molecule has 0 aliphatic carbocycles. The van der Waals surface area contributed by atoms with Crippen LogP contribution in [0.5, 0.6) is 0 Å². The van der Waals surface area contributed by atoms with Gasteiger partial charge in [0.15, 0.2) is 4.96 Å². The molecular weight excluding hydrogens is 330 g/mol. The highest BCUT2D eigenvalue weighted by atomic mass is 32.1. The van der Waals surface area contributed by atoms with Gasteiger partial charge in [-0.25, -0.2) is 9.38 Å². The molecule has 2 aromatic carbocycles. The molecule has 4 nitrogen and oxygen atoms in total. The van der Waals surface area contributed by atoms with Crippen molar-refractivity contribution in [2.24, 2.45) is 0 Å². The van der Waals surface area contributed by atoms with Gasteiger partial charge in [-0.2, -0.15) is 0 Å². The Kier molecular flexibility index (Phi) is 3.08. The van der Waals surface area contributed by atoms with Gasteiger partial charge in [0.1, 0.15) is 0 Å². The van der Waals surface area contributed by atoms with E-state index in [1.165, 1.54) is 11.3 Å². The highest BCUT2D eigenvalue weighted by Gasteiger charge is 2.11. The topological polar surface area (TPSA) is 39.3 Å². The Bertz CT molecular complexity index is 1310. The molecule has 3 aromatic heterocycles. The second-order valence-electron chi connectivity index (χ2n) is 5.77. The third kappa shape index (κ3) is 2.21. The van der Waals surface area contributed by atoms with Crippen molar-refractivity contribution < 1.29 is 0 Å². The Morgan fingerprint density at radius 3 is 2.60 bits per heavy atom. The van der Waals surface area contributed by atoms with Crippen LogP contribution in [0.15, 0.2) is 77.7 Å². The molecule has 5 rings (SSSR count).